The average molecular weight is 642 g/mol. The van der Waals surface area contributed by atoms with Crippen LogP contribution < -0.4 is 0 Å². The van der Waals surface area contributed by atoms with E-state index < -0.39 is 41.8 Å². The molecule has 1 N–H and O–H groups in total. The molecule has 0 spiro atoms. The van der Waals surface area contributed by atoms with E-state index in [1.54, 1.807) is 72.8 Å². The molecule has 4 rings (SSSR count). The molecule has 1 aliphatic heterocycles. The van der Waals surface area contributed by atoms with Gasteiger partial charge in [0.25, 0.3) is 0 Å². The lowest BCUT2D eigenvalue weighted by atomic mass is 9.87. The number of cyclic esters (lactones) is 1. The van der Waals surface area contributed by atoms with Gasteiger partial charge in [0, 0.05) is 25.5 Å². The van der Waals surface area contributed by atoms with Crippen molar-refractivity contribution in [2.75, 3.05) is 26.4 Å². The Labute approximate surface area is 273 Å². The summed E-state index contributed by atoms with van der Waals surface area (Å²) in [5.74, 6) is -4.02. The third-order valence-electron chi connectivity index (χ3n) is 7.69. The molecule has 3 aromatic carbocycles. The summed E-state index contributed by atoms with van der Waals surface area (Å²) in [6.45, 7) is 3.14. The fraction of sp³-hybridized carbons (Fsp3) is 0.324. The standard InChI is InChI=1S/C37H39NO9/c1-25-11-9-16-29(21-25)30(33(41)17-10-19-45-20-18-39)23-34(42)35(47-26(2)40)31(22-27-12-5-3-6-13-27)36(43)38-32(24-46-37(38)44)28-14-7-4-8-15-28/h3-9,11-16,21,23,31-32,35,39H,10,17-20,22,24H2,1-2H3. The second-order valence-corrected chi connectivity index (χ2v) is 11.2. The van der Waals surface area contributed by atoms with Crippen LogP contribution in [0.15, 0.2) is 91.0 Å². The van der Waals surface area contributed by atoms with Gasteiger partial charge in [-0.05, 0) is 42.5 Å². The van der Waals surface area contributed by atoms with Gasteiger partial charge in [0.1, 0.15) is 12.6 Å². The van der Waals surface area contributed by atoms with E-state index in [9.17, 15) is 24.0 Å². The van der Waals surface area contributed by atoms with E-state index in [-0.39, 0.29) is 50.6 Å². The van der Waals surface area contributed by atoms with Crippen molar-refractivity contribution in [3.63, 3.8) is 0 Å². The van der Waals surface area contributed by atoms with E-state index in [1.165, 1.54) is 0 Å². The number of aliphatic hydroxyl groups is 1. The molecule has 3 atom stereocenters. The molecule has 10 heteroatoms. The second kappa shape index (κ2) is 17.1. The van der Waals surface area contributed by atoms with Crippen LogP contribution in [-0.4, -0.2) is 72.1 Å². The number of amides is 2. The number of hydrogen-bond donors (Lipinski definition) is 1. The molecule has 1 saturated heterocycles. The van der Waals surface area contributed by atoms with Gasteiger partial charge in [-0.3, -0.25) is 19.2 Å². The molecule has 1 aliphatic rings. The third-order valence-corrected chi connectivity index (χ3v) is 7.69. The first kappa shape index (κ1) is 34.9. The van der Waals surface area contributed by atoms with E-state index in [2.05, 4.69) is 0 Å². The molecule has 0 aromatic heterocycles. The van der Waals surface area contributed by atoms with Crippen LogP contribution in [0, 0.1) is 12.8 Å². The second-order valence-electron chi connectivity index (χ2n) is 11.2. The molecule has 47 heavy (non-hydrogen) atoms. The van der Waals surface area contributed by atoms with Crippen molar-refractivity contribution in [2.45, 2.75) is 45.3 Å². The van der Waals surface area contributed by atoms with Crippen LogP contribution in [0.25, 0.3) is 5.57 Å². The highest BCUT2D eigenvalue weighted by molar-refractivity contribution is 6.25. The number of carbonyl (C=O) groups excluding carboxylic acids is 5. The highest BCUT2D eigenvalue weighted by Gasteiger charge is 2.46. The molecule has 0 bridgehead atoms. The summed E-state index contributed by atoms with van der Waals surface area (Å²) < 4.78 is 16.2. The van der Waals surface area contributed by atoms with E-state index in [1.807, 2.05) is 19.1 Å². The minimum atomic E-state index is -1.66. The van der Waals surface area contributed by atoms with Crippen LogP contribution in [-0.2, 0) is 39.8 Å². The molecule has 0 radical (unpaired) electrons. The highest BCUT2D eigenvalue weighted by Crippen LogP contribution is 2.32. The average Bonchev–Trinajstić information content (AvgIpc) is 3.46. The van der Waals surface area contributed by atoms with Gasteiger partial charge in [0.05, 0.1) is 19.1 Å². The lowest BCUT2D eigenvalue weighted by Crippen LogP contribution is -2.47. The molecule has 3 unspecified atom stereocenters. The van der Waals surface area contributed by atoms with Gasteiger partial charge in [0.15, 0.2) is 17.7 Å². The van der Waals surface area contributed by atoms with Gasteiger partial charge in [-0.25, -0.2) is 9.69 Å². The normalized spacial score (nSPS) is 15.9. The molecular formula is C37H39NO9. The van der Waals surface area contributed by atoms with Gasteiger partial charge < -0.3 is 19.3 Å². The predicted molar refractivity (Wildman–Crippen MR) is 173 cm³/mol. The van der Waals surface area contributed by atoms with Crippen molar-refractivity contribution < 1.29 is 43.3 Å². The van der Waals surface area contributed by atoms with Crippen LogP contribution >= 0.6 is 0 Å². The van der Waals surface area contributed by atoms with Gasteiger partial charge in [-0.15, -0.1) is 0 Å². The van der Waals surface area contributed by atoms with Crippen molar-refractivity contribution in [1.82, 2.24) is 4.90 Å². The SMILES string of the molecule is CC(=O)OC(C(=O)C=C(C(=O)CCCOCCO)c1cccc(C)c1)C(Cc1ccccc1)C(=O)N1C(=O)OCC1c1ccccc1. The van der Waals surface area contributed by atoms with Crippen LogP contribution in [0.3, 0.4) is 0 Å². The number of aryl methyl sites for hydroxylation is 1. The van der Waals surface area contributed by atoms with Crippen molar-refractivity contribution in [3.8, 4) is 0 Å². The Morgan fingerprint density at radius 1 is 0.979 bits per heavy atom. The number of hydrogen-bond acceptors (Lipinski definition) is 9. The summed E-state index contributed by atoms with van der Waals surface area (Å²) >= 11 is 0. The number of benzene rings is 3. The zero-order chi connectivity index (χ0) is 33.8. The van der Waals surface area contributed by atoms with Crippen LogP contribution in [0.4, 0.5) is 4.79 Å². The fourth-order valence-electron chi connectivity index (χ4n) is 5.47. The Bertz CT molecular complexity index is 1590. The Morgan fingerprint density at radius 2 is 1.68 bits per heavy atom. The van der Waals surface area contributed by atoms with Gasteiger partial charge in [-0.1, -0.05) is 90.5 Å². The summed E-state index contributed by atoms with van der Waals surface area (Å²) in [4.78, 5) is 68.6. The van der Waals surface area contributed by atoms with Gasteiger partial charge in [0.2, 0.25) is 5.91 Å². The topological polar surface area (TPSA) is 137 Å². The minimum absolute atomic E-state index is 0.0431. The summed E-state index contributed by atoms with van der Waals surface area (Å²) in [6, 6.07) is 24.1. The molecule has 0 saturated carbocycles. The Hall–Kier alpha value is -4.93. The molecule has 1 heterocycles. The molecule has 10 nitrogen and oxygen atoms in total. The quantitative estimate of drug-likeness (QED) is 0.133. The number of Topliss-reactive ketones (excluding diaryl/α,β-unsaturated/α-hetero) is 1. The number of allylic oxidation sites excluding steroid dienone is 1. The predicted octanol–water partition coefficient (Wildman–Crippen LogP) is 4.82. The van der Waals surface area contributed by atoms with Crippen molar-refractivity contribution in [2.24, 2.45) is 5.92 Å². The molecule has 0 aliphatic carbocycles. The first-order valence-corrected chi connectivity index (χ1v) is 15.5. The number of ketones is 2. The lowest BCUT2D eigenvalue weighted by Gasteiger charge is -2.29. The van der Waals surface area contributed by atoms with E-state index in [0.717, 1.165) is 23.5 Å². The molecule has 3 aromatic rings. The monoisotopic (exact) mass is 641 g/mol. The fourth-order valence-corrected chi connectivity index (χ4v) is 5.47. The summed E-state index contributed by atoms with van der Waals surface area (Å²) in [5, 5.41) is 8.96. The maximum atomic E-state index is 14.4. The number of ether oxygens (including phenoxy) is 3. The first-order chi connectivity index (χ1) is 22.7. The largest absolute Gasteiger partial charge is 0.453 e. The zero-order valence-corrected chi connectivity index (χ0v) is 26.5. The Morgan fingerprint density at radius 3 is 2.34 bits per heavy atom. The minimum Gasteiger partial charge on any atom is -0.453 e. The van der Waals surface area contributed by atoms with E-state index in [4.69, 9.17) is 19.3 Å². The first-order valence-electron chi connectivity index (χ1n) is 15.5. The van der Waals surface area contributed by atoms with Gasteiger partial charge >= 0.3 is 12.1 Å². The lowest BCUT2D eigenvalue weighted by molar-refractivity contribution is -0.158. The van der Waals surface area contributed by atoms with E-state index in [0.29, 0.717) is 23.1 Å². The third kappa shape index (κ3) is 9.54. The van der Waals surface area contributed by atoms with Crippen molar-refractivity contribution in [3.05, 3.63) is 113 Å². The summed E-state index contributed by atoms with van der Waals surface area (Å²) in [6.07, 6.45) is -1.06. The number of imide groups is 1. The van der Waals surface area contributed by atoms with E-state index >= 15 is 0 Å². The number of aliphatic hydroxyl groups excluding tert-OH is 1. The highest BCUT2D eigenvalue weighted by atomic mass is 16.6. The van der Waals surface area contributed by atoms with Crippen molar-refractivity contribution in [1.29, 1.82) is 0 Å². The maximum Gasteiger partial charge on any atom is 0.417 e. The molecular weight excluding hydrogens is 602 g/mol. The maximum absolute atomic E-state index is 14.4. The molecule has 2 amide bonds. The van der Waals surface area contributed by atoms with Gasteiger partial charge in [-0.2, -0.15) is 0 Å². The number of esters is 1. The molecule has 1 fully saturated rings. The summed E-state index contributed by atoms with van der Waals surface area (Å²) in [5.41, 5.74) is 2.76. The van der Waals surface area contributed by atoms with Crippen LogP contribution in [0.1, 0.15) is 48.1 Å². The number of nitrogens with zero attached hydrogens (tertiary/aromatic N) is 1. The van der Waals surface area contributed by atoms with Crippen LogP contribution in [0.5, 0.6) is 0 Å². The zero-order valence-electron chi connectivity index (χ0n) is 26.5. The Balaban J connectivity index is 1.75. The smallest absolute Gasteiger partial charge is 0.417 e. The Kier molecular flexibility index (Phi) is 12.7. The van der Waals surface area contributed by atoms with Crippen LogP contribution in [0.2, 0.25) is 0 Å². The number of carbonyl (C=O) groups is 5. The summed E-state index contributed by atoms with van der Waals surface area (Å²) in [7, 11) is 0. The van der Waals surface area contributed by atoms with Crippen molar-refractivity contribution >= 4 is 35.1 Å². The number of rotatable bonds is 16. The molecule has 246 valence electrons.